The first kappa shape index (κ1) is 16.8. The molecule has 0 radical (unpaired) electrons. The van der Waals surface area contributed by atoms with Gasteiger partial charge in [0.05, 0.1) is 11.0 Å². The number of pyridine rings is 1. The van der Waals surface area contributed by atoms with E-state index in [1.807, 2.05) is 36.4 Å². The number of ether oxygens (including phenoxy) is 1. The van der Waals surface area contributed by atoms with E-state index in [0.29, 0.717) is 12.0 Å². The van der Waals surface area contributed by atoms with E-state index in [1.54, 1.807) is 16.1 Å². The third-order valence-corrected chi connectivity index (χ3v) is 5.09. The molecular formula is C19H21N7O2. The fourth-order valence-electron chi connectivity index (χ4n) is 3.56. The lowest BCUT2D eigenvalue weighted by Crippen LogP contribution is -2.28. The normalized spacial score (nSPS) is 15.3. The molecule has 0 aliphatic carbocycles. The average molecular weight is 379 g/mol. The third kappa shape index (κ3) is 2.99. The Balaban J connectivity index is 1.43. The van der Waals surface area contributed by atoms with E-state index in [2.05, 4.69) is 25.7 Å². The molecule has 4 heterocycles. The van der Waals surface area contributed by atoms with Crippen LogP contribution in [0.1, 0.15) is 12.8 Å². The molecule has 3 N–H and O–H groups in total. The van der Waals surface area contributed by atoms with E-state index in [1.165, 1.54) is 0 Å². The van der Waals surface area contributed by atoms with Gasteiger partial charge >= 0.3 is 5.69 Å². The lowest BCUT2D eigenvalue weighted by Gasteiger charge is -2.24. The summed E-state index contributed by atoms with van der Waals surface area (Å²) in [7, 11) is 1.74. The first-order chi connectivity index (χ1) is 13.7. The number of nitrogens with one attached hydrogen (secondary N) is 3. The van der Waals surface area contributed by atoms with Gasteiger partial charge in [0, 0.05) is 32.0 Å². The minimum Gasteiger partial charge on any atom is -0.381 e. The largest absolute Gasteiger partial charge is 0.381 e. The quantitative estimate of drug-likeness (QED) is 0.503. The molecule has 4 aromatic rings. The van der Waals surface area contributed by atoms with Crippen molar-refractivity contribution < 1.29 is 4.74 Å². The maximum Gasteiger partial charge on any atom is 0.326 e. The molecule has 1 fully saturated rings. The van der Waals surface area contributed by atoms with Crippen molar-refractivity contribution in [3.05, 3.63) is 46.9 Å². The summed E-state index contributed by atoms with van der Waals surface area (Å²) in [6, 6.07) is 11.9. The first-order valence-electron chi connectivity index (χ1n) is 9.33. The lowest BCUT2D eigenvalue weighted by molar-refractivity contribution is 0.0903. The first-order valence-corrected chi connectivity index (χ1v) is 9.33. The van der Waals surface area contributed by atoms with Crippen molar-refractivity contribution in [2.75, 3.05) is 23.8 Å². The molecule has 0 unspecified atom stereocenters. The average Bonchev–Trinajstić information content (AvgIpc) is 3.23. The van der Waals surface area contributed by atoms with E-state index in [9.17, 15) is 4.79 Å². The van der Waals surface area contributed by atoms with Gasteiger partial charge in [-0.15, -0.1) is 5.10 Å². The second-order valence-corrected chi connectivity index (χ2v) is 6.99. The highest BCUT2D eigenvalue weighted by Crippen LogP contribution is 2.21. The molecular weight excluding hydrogens is 358 g/mol. The molecule has 1 aliphatic rings. The monoisotopic (exact) mass is 379 g/mol. The Morgan fingerprint density at radius 2 is 2.07 bits per heavy atom. The third-order valence-electron chi connectivity index (χ3n) is 5.09. The molecule has 0 spiro atoms. The molecule has 0 saturated carbocycles. The fraction of sp³-hybridized carbons (Fsp3) is 0.316. The van der Waals surface area contributed by atoms with E-state index >= 15 is 0 Å². The number of fused-ring (bicyclic) bond motifs is 2. The number of hydrogen-bond acceptors (Lipinski definition) is 6. The summed E-state index contributed by atoms with van der Waals surface area (Å²) in [5.74, 6) is 1.41. The number of hydrogen-bond donors (Lipinski definition) is 3. The number of rotatable bonds is 4. The smallest absolute Gasteiger partial charge is 0.326 e. The SMILES string of the molecule is Cn1c(=O)[nH]c2cc(Nc3nc4cccc(NC5CCOCC5)n4n3)ccc21. The molecule has 1 saturated heterocycles. The molecule has 9 nitrogen and oxygen atoms in total. The van der Waals surface area contributed by atoms with Gasteiger partial charge in [0.2, 0.25) is 5.95 Å². The standard InChI is InChI=1S/C19H21N7O2/c1-25-15-6-5-13(11-14(15)22-19(25)27)21-18-23-17-4-2-3-16(26(17)24-18)20-12-7-9-28-10-8-12/h2-6,11-12,20H,7-10H2,1H3,(H,21,24)(H,22,27). The maximum absolute atomic E-state index is 11.8. The minimum absolute atomic E-state index is 0.137. The van der Waals surface area contributed by atoms with E-state index in [0.717, 1.165) is 54.2 Å². The highest BCUT2D eigenvalue weighted by atomic mass is 16.5. The highest BCUT2D eigenvalue weighted by Gasteiger charge is 2.16. The number of H-pyrrole nitrogens is 1. The Hall–Kier alpha value is -3.33. The van der Waals surface area contributed by atoms with Gasteiger partial charge in [-0.1, -0.05) is 6.07 Å². The minimum atomic E-state index is -0.137. The predicted octanol–water partition coefficient (Wildman–Crippen LogP) is 2.24. The molecule has 9 heteroatoms. The van der Waals surface area contributed by atoms with Crippen LogP contribution in [0.25, 0.3) is 16.7 Å². The van der Waals surface area contributed by atoms with Crippen molar-refractivity contribution in [1.29, 1.82) is 0 Å². The molecule has 144 valence electrons. The predicted molar refractivity (Wildman–Crippen MR) is 107 cm³/mol. The van der Waals surface area contributed by atoms with Gasteiger partial charge in [0.1, 0.15) is 5.82 Å². The van der Waals surface area contributed by atoms with Gasteiger partial charge in [-0.2, -0.15) is 9.50 Å². The van der Waals surface area contributed by atoms with Crippen molar-refractivity contribution in [3.63, 3.8) is 0 Å². The van der Waals surface area contributed by atoms with Gasteiger partial charge in [-0.25, -0.2) is 4.79 Å². The second-order valence-electron chi connectivity index (χ2n) is 6.99. The molecule has 3 aromatic heterocycles. The Morgan fingerprint density at radius 3 is 2.93 bits per heavy atom. The summed E-state index contributed by atoms with van der Waals surface area (Å²) in [4.78, 5) is 19.2. The molecule has 28 heavy (non-hydrogen) atoms. The number of aryl methyl sites for hydroxylation is 1. The van der Waals surface area contributed by atoms with Crippen LogP contribution in [-0.4, -0.2) is 43.4 Å². The summed E-state index contributed by atoms with van der Waals surface area (Å²) >= 11 is 0. The van der Waals surface area contributed by atoms with Crippen LogP contribution in [0, 0.1) is 0 Å². The van der Waals surface area contributed by atoms with Gasteiger partial charge < -0.3 is 20.4 Å². The van der Waals surface area contributed by atoms with Gasteiger partial charge in [0.15, 0.2) is 5.65 Å². The second kappa shape index (κ2) is 6.68. The van der Waals surface area contributed by atoms with Crippen molar-refractivity contribution >= 4 is 34.1 Å². The van der Waals surface area contributed by atoms with E-state index in [4.69, 9.17) is 4.74 Å². The highest BCUT2D eigenvalue weighted by molar-refractivity contribution is 5.80. The summed E-state index contributed by atoms with van der Waals surface area (Å²) in [6.07, 6.45) is 1.96. The van der Waals surface area contributed by atoms with Crippen LogP contribution >= 0.6 is 0 Å². The zero-order chi connectivity index (χ0) is 19.1. The molecule has 0 amide bonds. The van der Waals surface area contributed by atoms with Crippen LogP contribution in [0.15, 0.2) is 41.2 Å². The van der Waals surface area contributed by atoms with E-state index in [-0.39, 0.29) is 5.69 Å². The Kier molecular flexibility index (Phi) is 4.01. The molecule has 0 bridgehead atoms. The Labute approximate surface area is 160 Å². The lowest BCUT2D eigenvalue weighted by atomic mass is 10.1. The maximum atomic E-state index is 11.8. The molecule has 0 atom stereocenters. The van der Waals surface area contributed by atoms with Crippen molar-refractivity contribution in [2.45, 2.75) is 18.9 Å². The van der Waals surface area contributed by atoms with Gasteiger partial charge in [-0.05, 0) is 43.2 Å². The van der Waals surface area contributed by atoms with Crippen LogP contribution in [0.4, 0.5) is 17.5 Å². The zero-order valence-corrected chi connectivity index (χ0v) is 15.5. The zero-order valence-electron chi connectivity index (χ0n) is 15.5. The molecule has 5 rings (SSSR count). The summed E-state index contributed by atoms with van der Waals surface area (Å²) in [6.45, 7) is 1.56. The summed E-state index contributed by atoms with van der Waals surface area (Å²) in [5.41, 5.74) is 3.05. The number of benzene rings is 1. The summed E-state index contributed by atoms with van der Waals surface area (Å²) in [5, 5.41) is 11.4. The number of aromatic amines is 1. The molecule has 1 aliphatic heterocycles. The molecule has 1 aromatic carbocycles. The topological polar surface area (TPSA) is 101 Å². The van der Waals surface area contributed by atoms with Crippen LogP contribution in [0.5, 0.6) is 0 Å². The number of nitrogens with zero attached hydrogens (tertiary/aromatic N) is 4. The van der Waals surface area contributed by atoms with Crippen LogP contribution < -0.4 is 16.3 Å². The van der Waals surface area contributed by atoms with Crippen LogP contribution in [0.3, 0.4) is 0 Å². The Morgan fingerprint density at radius 1 is 1.21 bits per heavy atom. The summed E-state index contributed by atoms with van der Waals surface area (Å²) < 4.78 is 8.81. The van der Waals surface area contributed by atoms with E-state index < -0.39 is 0 Å². The Bertz CT molecular complexity index is 1200. The van der Waals surface area contributed by atoms with Crippen LogP contribution in [-0.2, 0) is 11.8 Å². The number of imidazole rings is 1. The van der Waals surface area contributed by atoms with Crippen LogP contribution in [0.2, 0.25) is 0 Å². The fourth-order valence-corrected chi connectivity index (χ4v) is 3.56. The van der Waals surface area contributed by atoms with Gasteiger partial charge in [-0.3, -0.25) is 4.57 Å². The van der Waals surface area contributed by atoms with Gasteiger partial charge in [0.25, 0.3) is 0 Å². The van der Waals surface area contributed by atoms with Crippen molar-refractivity contribution in [2.24, 2.45) is 7.05 Å². The number of aromatic nitrogens is 5. The number of anilines is 3. The van der Waals surface area contributed by atoms with Crippen molar-refractivity contribution in [1.82, 2.24) is 24.1 Å². The van der Waals surface area contributed by atoms with Crippen molar-refractivity contribution in [3.8, 4) is 0 Å².